The average molecular weight is 528 g/mol. The molecule has 8 nitrogen and oxygen atoms in total. The van der Waals surface area contributed by atoms with E-state index in [1.54, 1.807) is 6.07 Å². The molecule has 0 saturated carbocycles. The van der Waals surface area contributed by atoms with Crippen LogP contribution in [0.3, 0.4) is 0 Å². The monoisotopic (exact) mass is 527 g/mol. The molecule has 2 aromatic carbocycles. The molecule has 9 heteroatoms. The van der Waals surface area contributed by atoms with Crippen molar-refractivity contribution in [3.8, 4) is 0 Å². The van der Waals surface area contributed by atoms with Gasteiger partial charge in [-0.1, -0.05) is 67.9 Å². The lowest BCUT2D eigenvalue weighted by Crippen LogP contribution is -2.51. The first-order valence-corrected chi connectivity index (χ1v) is 12.9. The van der Waals surface area contributed by atoms with E-state index in [0.29, 0.717) is 37.1 Å². The third-order valence-electron chi connectivity index (χ3n) is 6.24. The first-order valence-electron chi connectivity index (χ1n) is 12.5. The van der Waals surface area contributed by atoms with E-state index in [0.717, 1.165) is 11.1 Å². The minimum absolute atomic E-state index is 0.0859. The number of carbonyl (C=O) groups is 4. The topological polar surface area (TPSA) is 114 Å². The first kappa shape index (κ1) is 28.2. The smallest absolute Gasteiger partial charge is 0.408 e. The molecule has 2 aromatic rings. The number of hydrogen-bond donors (Lipinski definition) is 3. The summed E-state index contributed by atoms with van der Waals surface area (Å²) in [5.74, 6) is -0.849. The van der Waals surface area contributed by atoms with Crippen LogP contribution in [0.5, 0.6) is 0 Å². The number of benzene rings is 2. The fourth-order valence-corrected chi connectivity index (χ4v) is 4.60. The Bertz CT molecular complexity index is 1080. The van der Waals surface area contributed by atoms with Crippen molar-refractivity contribution in [1.29, 1.82) is 0 Å². The molecule has 0 radical (unpaired) electrons. The van der Waals surface area contributed by atoms with Gasteiger partial charge in [0.15, 0.2) is 0 Å². The molecule has 0 aliphatic carbocycles. The van der Waals surface area contributed by atoms with Crippen molar-refractivity contribution in [3.63, 3.8) is 0 Å². The Balaban J connectivity index is 1.68. The van der Waals surface area contributed by atoms with Crippen LogP contribution in [0.25, 0.3) is 0 Å². The summed E-state index contributed by atoms with van der Waals surface area (Å²) in [5.41, 5.74) is 1.70. The number of ether oxygens (including phenoxy) is 1. The summed E-state index contributed by atoms with van der Waals surface area (Å²) < 4.78 is 5.80. The molecule has 3 N–H and O–H groups in total. The number of carbonyl (C=O) groups excluding carboxylic acids is 4. The molecule has 37 heavy (non-hydrogen) atoms. The van der Waals surface area contributed by atoms with E-state index in [2.05, 4.69) is 16.0 Å². The minimum atomic E-state index is -0.907. The van der Waals surface area contributed by atoms with Gasteiger partial charge in [0.1, 0.15) is 18.4 Å². The van der Waals surface area contributed by atoms with E-state index in [4.69, 9.17) is 16.3 Å². The Morgan fingerprint density at radius 3 is 2.51 bits per heavy atom. The predicted octanol–water partition coefficient (Wildman–Crippen LogP) is 3.97. The molecule has 4 unspecified atom stereocenters. The lowest BCUT2D eigenvalue weighted by molar-refractivity contribution is -0.127. The van der Waals surface area contributed by atoms with E-state index in [1.807, 2.05) is 62.4 Å². The Hall–Kier alpha value is -3.39. The van der Waals surface area contributed by atoms with Crippen LogP contribution in [0.4, 0.5) is 4.79 Å². The summed E-state index contributed by atoms with van der Waals surface area (Å²) in [7, 11) is 0. The van der Waals surface area contributed by atoms with Crippen LogP contribution in [0.15, 0.2) is 54.6 Å². The van der Waals surface area contributed by atoms with Crippen LogP contribution >= 0.6 is 11.6 Å². The molecule has 1 aliphatic heterocycles. The zero-order valence-electron chi connectivity index (χ0n) is 21.1. The Morgan fingerprint density at radius 1 is 1.14 bits per heavy atom. The number of hydrogen-bond acceptors (Lipinski definition) is 5. The van der Waals surface area contributed by atoms with Gasteiger partial charge in [-0.3, -0.25) is 9.59 Å². The van der Waals surface area contributed by atoms with Crippen molar-refractivity contribution in [2.75, 3.05) is 6.54 Å². The summed E-state index contributed by atoms with van der Waals surface area (Å²) >= 11 is 6.14. The van der Waals surface area contributed by atoms with Crippen LogP contribution in [-0.2, 0) is 25.5 Å². The van der Waals surface area contributed by atoms with Gasteiger partial charge >= 0.3 is 6.09 Å². The second-order valence-corrected chi connectivity index (χ2v) is 10.2. The lowest BCUT2D eigenvalue weighted by atomic mass is 9.98. The Labute approximate surface area is 222 Å². The highest BCUT2D eigenvalue weighted by molar-refractivity contribution is 6.30. The van der Waals surface area contributed by atoms with Crippen LogP contribution in [0, 0.1) is 11.8 Å². The predicted molar refractivity (Wildman–Crippen MR) is 141 cm³/mol. The summed E-state index contributed by atoms with van der Waals surface area (Å²) in [6.45, 7) is 4.42. The lowest BCUT2D eigenvalue weighted by Gasteiger charge is -2.24. The van der Waals surface area contributed by atoms with E-state index in [9.17, 15) is 19.2 Å². The zero-order chi connectivity index (χ0) is 26.8. The number of alkyl carbamates (subject to hydrolysis) is 1. The summed E-state index contributed by atoms with van der Waals surface area (Å²) in [4.78, 5) is 49.6. The SMILES string of the molecule is CC(C)CC(NC(=O)OC(Cc1cccc(Cl)c1)c1ccccc1)C(=O)NC(C=O)CC1CCNC1=O. The molecule has 4 atom stereocenters. The quantitative estimate of drug-likeness (QED) is 0.361. The first-order chi connectivity index (χ1) is 17.7. The highest BCUT2D eigenvalue weighted by Crippen LogP contribution is 2.24. The highest BCUT2D eigenvalue weighted by Gasteiger charge is 2.30. The third-order valence-corrected chi connectivity index (χ3v) is 6.47. The standard InChI is InChI=1S/C28H34ClN3O5/c1-18(2)13-24(27(35)31-23(17-33)16-21-11-12-30-26(21)34)32-28(36)37-25(20-8-4-3-5-9-20)15-19-7-6-10-22(29)14-19/h3-10,14,17-18,21,23-25H,11-13,15-16H2,1-2H3,(H,30,34)(H,31,35)(H,32,36). The number of rotatable bonds is 12. The van der Waals surface area contributed by atoms with Gasteiger partial charge in [-0.25, -0.2) is 4.79 Å². The van der Waals surface area contributed by atoms with Gasteiger partial charge in [-0.2, -0.15) is 0 Å². The van der Waals surface area contributed by atoms with E-state index < -0.39 is 30.2 Å². The van der Waals surface area contributed by atoms with Crippen molar-refractivity contribution in [2.24, 2.45) is 11.8 Å². The van der Waals surface area contributed by atoms with Crippen LogP contribution in [-0.4, -0.2) is 42.8 Å². The Kier molecular flexibility index (Phi) is 10.5. The third kappa shape index (κ3) is 8.89. The molecule has 3 rings (SSSR count). The maximum atomic E-state index is 13.1. The second-order valence-electron chi connectivity index (χ2n) is 9.73. The molecule has 0 bridgehead atoms. The van der Waals surface area contributed by atoms with E-state index in [-0.39, 0.29) is 24.2 Å². The second kappa shape index (κ2) is 13.8. The zero-order valence-corrected chi connectivity index (χ0v) is 21.9. The fourth-order valence-electron chi connectivity index (χ4n) is 4.39. The van der Waals surface area contributed by atoms with Gasteiger partial charge in [0, 0.05) is 23.9 Å². The van der Waals surface area contributed by atoms with Crippen LogP contribution in [0.1, 0.15) is 50.3 Å². The molecular weight excluding hydrogens is 494 g/mol. The van der Waals surface area contributed by atoms with Gasteiger partial charge in [0.05, 0.1) is 6.04 Å². The van der Waals surface area contributed by atoms with Crippen LogP contribution in [0.2, 0.25) is 5.02 Å². The van der Waals surface area contributed by atoms with Gasteiger partial charge in [-0.15, -0.1) is 0 Å². The molecule has 1 aliphatic rings. The van der Waals surface area contributed by atoms with Gasteiger partial charge in [0.2, 0.25) is 11.8 Å². The molecule has 198 valence electrons. The Morgan fingerprint density at radius 2 is 1.89 bits per heavy atom. The fraction of sp³-hybridized carbons (Fsp3) is 0.429. The molecule has 1 heterocycles. The largest absolute Gasteiger partial charge is 0.441 e. The van der Waals surface area contributed by atoms with E-state index in [1.165, 1.54) is 0 Å². The highest BCUT2D eigenvalue weighted by atomic mass is 35.5. The number of aldehydes is 1. The van der Waals surface area contributed by atoms with Crippen molar-refractivity contribution in [2.45, 2.75) is 57.7 Å². The maximum absolute atomic E-state index is 13.1. The van der Waals surface area contributed by atoms with Crippen molar-refractivity contribution < 1.29 is 23.9 Å². The molecule has 0 spiro atoms. The molecule has 1 fully saturated rings. The summed E-state index contributed by atoms with van der Waals surface area (Å²) in [5, 5.41) is 8.68. The summed E-state index contributed by atoms with van der Waals surface area (Å²) in [6.07, 6.45) is 0.865. The van der Waals surface area contributed by atoms with Gasteiger partial charge < -0.3 is 25.5 Å². The number of halogens is 1. The average Bonchev–Trinajstić information content (AvgIpc) is 3.27. The summed E-state index contributed by atoms with van der Waals surface area (Å²) in [6, 6.07) is 14.9. The normalized spacial score (nSPS) is 17.4. The molecule has 0 aromatic heterocycles. The minimum Gasteiger partial charge on any atom is -0.441 e. The van der Waals surface area contributed by atoms with Gasteiger partial charge in [-0.05, 0) is 48.4 Å². The molecular formula is C28H34ClN3O5. The van der Waals surface area contributed by atoms with Gasteiger partial charge in [0.25, 0.3) is 0 Å². The number of nitrogens with one attached hydrogen (secondary N) is 3. The van der Waals surface area contributed by atoms with Crippen LogP contribution < -0.4 is 16.0 Å². The van der Waals surface area contributed by atoms with Crippen molar-refractivity contribution in [1.82, 2.24) is 16.0 Å². The van der Waals surface area contributed by atoms with Crippen molar-refractivity contribution >= 4 is 35.8 Å². The van der Waals surface area contributed by atoms with E-state index >= 15 is 0 Å². The molecule has 1 saturated heterocycles. The number of amides is 3. The maximum Gasteiger partial charge on any atom is 0.408 e. The molecule has 3 amide bonds. The van der Waals surface area contributed by atoms with Crippen molar-refractivity contribution in [3.05, 3.63) is 70.7 Å².